The fraction of sp³-hybridized carbons (Fsp3) is 0. The van der Waals surface area contributed by atoms with Gasteiger partial charge in [-0.15, -0.1) is 0 Å². The Morgan fingerprint density at radius 1 is 0.769 bits per heavy atom. The standard InChI is InChI=1S/C24H22N2/c1-3-4-12-20(2)25-21-13-11-18-24(19-21)26(22-14-7-5-8-15-22)23-16-9-6-10-17-23/h3-19,25H,1-2H2/b12-4-. The number of nitrogens with zero attached hydrogens (tertiary/aromatic N) is 1. The molecule has 128 valence electrons. The summed E-state index contributed by atoms with van der Waals surface area (Å²) in [7, 11) is 0. The molecule has 0 spiro atoms. The summed E-state index contributed by atoms with van der Waals surface area (Å²) in [5.41, 5.74) is 5.10. The number of para-hydroxylation sites is 2. The Hall–Kier alpha value is -3.52. The maximum absolute atomic E-state index is 4.02. The first-order valence-electron chi connectivity index (χ1n) is 8.53. The van der Waals surface area contributed by atoms with Crippen molar-refractivity contribution in [2.24, 2.45) is 0 Å². The topological polar surface area (TPSA) is 15.3 Å². The molecular weight excluding hydrogens is 316 g/mol. The summed E-state index contributed by atoms with van der Waals surface area (Å²) in [6.45, 7) is 7.70. The third-order valence-corrected chi connectivity index (χ3v) is 3.87. The van der Waals surface area contributed by atoms with Crippen LogP contribution in [0.2, 0.25) is 0 Å². The Labute approximate surface area is 155 Å². The van der Waals surface area contributed by atoms with Crippen LogP contribution in [0.1, 0.15) is 0 Å². The van der Waals surface area contributed by atoms with E-state index in [4.69, 9.17) is 0 Å². The summed E-state index contributed by atoms with van der Waals surface area (Å²) in [6, 6.07) is 29.0. The quantitative estimate of drug-likeness (QED) is 0.475. The van der Waals surface area contributed by atoms with Crippen LogP contribution in [-0.2, 0) is 0 Å². The summed E-state index contributed by atoms with van der Waals surface area (Å²) in [6.07, 6.45) is 5.49. The second-order valence-electron chi connectivity index (χ2n) is 5.80. The monoisotopic (exact) mass is 338 g/mol. The molecule has 0 heterocycles. The van der Waals surface area contributed by atoms with E-state index in [2.05, 4.69) is 84.0 Å². The number of nitrogens with one attached hydrogen (secondary N) is 1. The number of hydrogen-bond acceptors (Lipinski definition) is 2. The number of benzene rings is 3. The second kappa shape index (κ2) is 8.54. The maximum Gasteiger partial charge on any atom is 0.0482 e. The second-order valence-corrected chi connectivity index (χ2v) is 5.80. The molecule has 3 aromatic rings. The third-order valence-electron chi connectivity index (χ3n) is 3.87. The predicted molar refractivity (Wildman–Crippen MR) is 113 cm³/mol. The summed E-state index contributed by atoms with van der Waals surface area (Å²) in [5.74, 6) is 0. The van der Waals surface area contributed by atoms with E-state index in [1.165, 1.54) is 0 Å². The highest BCUT2D eigenvalue weighted by Crippen LogP contribution is 2.35. The molecule has 0 radical (unpaired) electrons. The molecule has 0 saturated heterocycles. The number of anilines is 4. The fourth-order valence-corrected chi connectivity index (χ4v) is 2.74. The lowest BCUT2D eigenvalue weighted by Gasteiger charge is -2.26. The van der Waals surface area contributed by atoms with Crippen molar-refractivity contribution < 1.29 is 0 Å². The summed E-state index contributed by atoms with van der Waals surface area (Å²) >= 11 is 0. The van der Waals surface area contributed by atoms with Gasteiger partial charge in [0, 0.05) is 28.4 Å². The van der Waals surface area contributed by atoms with E-state index in [0.29, 0.717) is 0 Å². The van der Waals surface area contributed by atoms with Crippen LogP contribution >= 0.6 is 0 Å². The third kappa shape index (κ3) is 4.31. The van der Waals surface area contributed by atoms with Crippen LogP contribution in [0, 0.1) is 0 Å². The molecule has 2 nitrogen and oxygen atoms in total. The van der Waals surface area contributed by atoms with Crippen molar-refractivity contribution >= 4 is 22.7 Å². The Kier molecular flexibility index (Phi) is 5.69. The molecule has 0 aliphatic carbocycles. The SMILES string of the molecule is C=C/C=C\C(=C)Nc1cccc(N(c2ccccc2)c2ccccc2)c1. The highest BCUT2D eigenvalue weighted by molar-refractivity contribution is 5.78. The zero-order chi connectivity index (χ0) is 18.2. The number of rotatable bonds is 7. The number of allylic oxidation sites excluding steroid dienone is 3. The van der Waals surface area contributed by atoms with E-state index in [1.807, 2.05) is 36.4 Å². The first-order chi connectivity index (χ1) is 12.8. The van der Waals surface area contributed by atoms with E-state index < -0.39 is 0 Å². The van der Waals surface area contributed by atoms with Gasteiger partial charge in [-0.1, -0.05) is 67.8 Å². The van der Waals surface area contributed by atoms with Gasteiger partial charge < -0.3 is 10.2 Å². The van der Waals surface area contributed by atoms with Crippen molar-refractivity contribution in [3.8, 4) is 0 Å². The zero-order valence-corrected chi connectivity index (χ0v) is 14.7. The van der Waals surface area contributed by atoms with Crippen molar-refractivity contribution in [1.29, 1.82) is 0 Å². The molecule has 0 amide bonds. The molecule has 0 fully saturated rings. The minimum Gasteiger partial charge on any atom is -0.356 e. The molecule has 0 saturated carbocycles. The van der Waals surface area contributed by atoms with Crippen LogP contribution in [0.25, 0.3) is 0 Å². The molecule has 3 rings (SSSR count). The van der Waals surface area contributed by atoms with Crippen LogP contribution in [-0.4, -0.2) is 0 Å². The lowest BCUT2D eigenvalue weighted by molar-refractivity contribution is 1.28. The molecule has 0 atom stereocenters. The van der Waals surface area contributed by atoms with Gasteiger partial charge in [-0.25, -0.2) is 0 Å². The molecule has 2 heteroatoms. The van der Waals surface area contributed by atoms with Gasteiger partial charge >= 0.3 is 0 Å². The van der Waals surface area contributed by atoms with Crippen molar-refractivity contribution in [2.45, 2.75) is 0 Å². The van der Waals surface area contributed by atoms with Gasteiger partial charge in [0.05, 0.1) is 0 Å². The average Bonchev–Trinajstić information content (AvgIpc) is 2.69. The van der Waals surface area contributed by atoms with E-state index >= 15 is 0 Å². The van der Waals surface area contributed by atoms with E-state index in [-0.39, 0.29) is 0 Å². The minimum atomic E-state index is 0.813. The molecule has 26 heavy (non-hydrogen) atoms. The minimum absolute atomic E-state index is 0.813. The van der Waals surface area contributed by atoms with Crippen LogP contribution < -0.4 is 10.2 Å². The first-order valence-corrected chi connectivity index (χ1v) is 8.53. The van der Waals surface area contributed by atoms with Crippen molar-refractivity contribution in [2.75, 3.05) is 10.2 Å². The maximum atomic E-state index is 4.02. The van der Waals surface area contributed by atoms with Gasteiger partial charge in [0.1, 0.15) is 0 Å². The normalized spacial score (nSPS) is 10.5. The highest BCUT2D eigenvalue weighted by Gasteiger charge is 2.12. The van der Waals surface area contributed by atoms with Gasteiger partial charge in [-0.2, -0.15) is 0 Å². The average molecular weight is 338 g/mol. The fourth-order valence-electron chi connectivity index (χ4n) is 2.74. The highest BCUT2D eigenvalue weighted by atomic mass is 15.1. The molecule has 0 bridgehead atoms. The summed E-state index contributed by atoms with van der Waals surface area (Å²) in [4.78, 5) is 2.23. The Bertz CT molecular complexity index is 856. The lowest BCUT2D eigenvalue weighted by Crippen LogP contribution is -2.10. The molecule has 0 unspecified atom stereocenters. The Morgan fingerprint density at radius 3 is 1.92 bits per heavy atom. The summed E-state index contributed by atoms with van der Waals surface area (Å²) in [5, 5.41) is 3.32. The van der Waals surface area contributed by atoms with Crippen LogP contribution in [0.3, 0.4) is 0 Å². The van der Waals surface area contributed by atoms with Crippen molar-refractivity contribution in [3.63, 3.8) is 0 Å². The van der Waals surface area contributed by atoms with Gasteiger partial charge in [0.15, 0.2) is 0 Å². The van der Waals surface area contributed by atoms with Crippen molar-refractivity contribution in [1.82, 2.24) is 0 Å². The van der Waals surface area contributed by atoms with E-state index in [9.17, 15) is 0 Å². The molecule has 0 aliphatic heterocycles. The van der Waals surface area contributed by atoms with Gasteiger partial charge in [0.25, 0.3) is 0 Å². The summed E-state index contributed by atoms with van der Waals surface area (Å²) < 4.78 is 0. The predicted octanol–water partition coefficient (Wildman–Crippen LogP) is 6.82. The van der Waals surface area contributed by atoms with Gasteiger partial charge in [0.2, 0.25) is 0 Å². The molecular formula is C24H22N2. The van der Waals surface area contributed by atoms with Gasteiger partial charge in [-0.3, -0.25) is 0 Å². The Balaban J connectivity index is 1.97. The van der Waals surface area contributed by atoms with Crippen LogP contribution in [0.5, 0.6) is 0 Å². The molecule has 1 N–H and O–H groups in total. The van der Waals surface area contributed by atoms with E-state index in [0.717, 1.165) is 28.4 Å². The first kappa shape index (κ1) is 17.3. The van der Waals surface area contributed by atoms with Crippen molar-refractivity contribution in [3.05, 3.63) is 122 Å². The molecule has 0 aromatic heterocycles. The smallest absolute Gasteiger partial charge is 0.0482 e. The lowest BCUT2D eigenvalue weighted by atomic mass is 10.2. The zero-order valence-electron chi connectivity index (χ0n) is 14.7. The van der Waals surface area contributed by atoms with E-state index in [1.54, 1.807) is 6.08 Å². The van der Waals surface area contributed by atoms with Gasteiger partial charge in [-0.05, 0) is 48.5 Å². The van der Waals surface area contributed by atoms with Crippen LogP contribution in [0.4, 0.5) is 22.7 Å². The largest absolute Gasteiger partial charge is 0.356 e. The molecule has 0 aliphatic rings. The Morgan fingerprint density at radius 2 is 1.35 bits per heavy atom. The molecule has 3 aromatic carbocycles. The number of hydrogen-bond donors (Lipinski definition) is 1. The van der Waals surface area contributed by atoms with Crippen LogP contribution in [0.15, 0.2) is 122 Å².